The van der Waals surface area contributed by atoms with E-state index in [-0.39, 0.29) is 12.0 Å². The summed E-state index contributed by atoms with van der Waals surface area (Å²) in [5.41, 5.74) is 0. The van der Waals surface area contributed by atoms with Gasteiger partial charge in [0.05, 0.1) is 12.6 Å². The molecule has 0 spiro atoms. The van der Waals surface area contributed by atoms with E-state index in [4.69, 9.17) is 4.52 Å². The summed E-state index contributed by atoms with van der Waals surface area (Å²) in [6, 6.07) is 0. The Labute approximate surface area is 108 Å². The largest absolute Gasteiger partial charge is 0.393 e. The zero-order chi connectivity index (χ0) is 13.1. The lowest BCUT2D eigenvalue weighted by Gasteiger charge is -2.33. The highest BCUT2D eigenvalue weighted by Gasteiger charge is 2.24. The molecule has 2 heterocycles. The van der Waals surface area contributed by atoms with E-state index in [1.165, 1.54) is 0 Å². The fourth-order valence-corrected chi connectivity index (χ4v) is 2.39. The second-order valence-corrected chi connectivity index (χ2v) is 5.58. The van der Waals surface area contributed by atoms with Crippen LogP contribution in [0.4, 0.5) is 0 Å². The molecule has 1 fully saturated rings. The van der Waals surface area contributed by atoms with Crippen LogP contribution < -0.4 is 0 Å². The summed E-state index contributed by atoms with van der Waals surface area (Å²) >= 11 is 0. The smallest absolute Gasteiger partial charge is 0.229 e. The number of nitrogens with zero attached hydrogens (tertiary/aromatic N) is 3. The monoisotopic (exact) mass is 253 g/mol. The Hall–Kier alpha value is -0.940. The molecule has 1 aromatic rings. The average molecular weight is 253 g/mol. The molecule has 18 heavy (non-hydrogen) atoms. The van der Waals surface area contributed by atoms with Gasteiger partial charge < -0.3 is 9.63 Å². The third kappa shape index (κ3) is 3.29. The second kappa shape index (κ2) is 5.80. The van der Waals surface area contributed by atoms with E-state index < -0.39 is 0 Å². The van der Waals surface area contributed by atoms with Crippen LogP contribution in [0.5, 0.6) is 0 Å². The summed E-state index contributed by atoms with van der Waals surface area (Å²) in [6.45, 7) is 8.65. The number of aliphatic hydroxyl groups excluding tert-OH is 1. The Morgan fingerprint density at radius 3 is 2.83 bits per heavy atom. The highest BCUT2D eigenvalue weighted by atomic mass is 16.5. The molecule has 1 N–H and O–H groups in total. The van der Waals surface area contributed by atoms with Crippen LogP contribution in [0.25, 0.3) is 0 Å². The molecule has 5 heteroatoms. The Balaban J connectivity index is 1.92. The van der Waals surface area contributed by atoms with Gasteiger partial charge in [-0.2, -0.15) is 4.98 Å². The molecular formula is C13H23N3O2. The second-order valence-electron chi connectivity index (χ2n) is 5.58. The number of aliphatic hydroxyl groups is 1. The van der Waals surface area contributed by atoms with Gasteiger partial charge in [0.2, 0.25) is 5.89 Å². The molecule has 2 unspecified atom stereocenters. The number of aromatic nitrogens is 2. The van der Waals surface area contributed by atoms with Gasteiger partial charge in [0.15, 0.2) is 5.82 Å². The SMILES string of the molecule is CC(C)c1nc(CN2CCCC(C(C)O)C2)no1. The van der Waals surface area contributed by atoms with E-state index in [9.17, 15) is 5.11 Å². The first-order chi connectivity index (χ1) is 8.56. The fourth-order valence-electron chi connectivity index (χ4n) is 2.39. The Morgan fingerprint density at radius 1 is 1.44 bits per heavy atom. The van der Waals surface area contributed by atoms with Crippen molar-refractivity contribution in [3.05, 3.63) is 11.7 Å². The lowest BCUT2D eigenvalue weighted by Crippen LogP contribution is -2.39. The van der Waals surface area contributed by atoms with Crippen molar-refractivity contribution in [2.75, 3.05) is 13.1 Å². The van der Waals surface area contributed by atoms with Crippen molar-refractivity contribution in [1.29, 1.82) is 0 Å². The van der Waals surface area contributed by atoms with Gasteiger partial charge in [0.1, 0.15) is 0 Å². The molecule has 1 aliphatic heterocycles. The standard InChI is InChI=1S/C13H23N3O2/c1-9(2)13-14-12(15-18-13)8-16-6-4-5-11(7-16)10(3)17/h9-11,17H,4-8H2,1-3H3. The van der Waals surface area contributed by atoms with Crippen LogP contribution >= 0.6 is 0 Å². The first-order valence-corrected chi connectivity index (χ1v) is 6.79. The predicted octanol–water partition coefficient (Wildman–Crippen LogP) is 1.79. The zero-order valence-corrected chi connectivity index (χ0v) is 11.5. The van der Waals surface area contributed by atoms with Gasteiger partial charge in [-0.1, -0.05) is 19.0 Å². The number of likely N-dealkylation sites (tertiary alicyclic amines) is 1. The van der Waals surface area contributed by atoms with Crippen LogP contribution in [0.3, 0.4) is 0 Å². The predicted molar refractivity (Wildman–Crippen MR) is 68.1 cm³/mol. The molecule has 0 saturated carbocycles. The van der Waals surface area contributed by atoms with Crippen molar-refractivity contribution in [2.24, 2.45) is 5.92 Å². The zero-order valence-electron chi connectivity index (χ0n) is 11.5. The summed E-state index contributed by atoms with van der Waals surface area (Å²) in [6.07, 6.45) is 2.01. The summed E-state index contributed by atoms with van der Waals surface area (Å²) in [7, 11) is 0. The van der Waals surface area contributed by atoms with E-state index >= 15 is 0 Å². The maximum Gasteiger partial charge on any atom is 0.229 e. The van der Waals surface area contributed by atoms with E-state index in [1.807, 2.05) is 20.8 Å². The number of piperidine rings is 1. The maximum atomic E-state index is 9.66. The molecule has 1 aliphatic rings. The summed E-state index contributed by atoms with van der Waals surface area (Å²) in [5.74, 6) is 2.10. The van der Waals surface area contributed by atoms with Crippen molar-refractivity contribution in [3.63, 3.8) is 0 Å². The molecule has 0 aromatic carbocycles. The van der Waals surface area contributed by atoms with Crippen LogP contribution in [0.1, 0.15) is 51.2 Å². The van der Waals surface area contributed by atoms with E-state index in [0.29, 0.717) is 11.8 Å². The van der Waals surface area contributed by atoms with Gasteiger partial charge in [0, 0.05) is 12.5 Å². The summed E-state index contributed by atoms with van der Waals surface area (Å²) in [4.78, 5) is 6.69. The van der Waals surface area contributed by atoms with E-state index in [1.54, 1.807) is 0 Å². The molecular weight excluding hydrogens is 230 g/mol. The minimum Gasteiger partial charge on any atom is -0.393 e. The number of hydrogen-bond donors (Lipinski definition) is 1. The highest BCUT2D eigenvalue weighted by molar-refractivity contribution is 4.91. The van der Waals surface area contributed by atoms with Crippen molar-refractivity contribution < 1.29 is 9.63 Å². The molecule has 102 valence electrons. The van der Waals surface area contributed by atoms with Gasteiger partial charge in [-0.15, -0.1) is 0 Å². The van der Waals surface area contributed by atoms with Gasteiger partial charge in [-0.3, -0.25) is 4.90 Å². The molecule has 0 amide bonds. The topological polar surface area (TPSA) is 62.4 Å². The van der Waals surface area contributed by atoms with Gasteiger partial charge >= 0.3 is 0 Å². The average Bonchev–Trinajstić information content (AvgIpc) is 2.78. The van der Waals surface area contributed by atoms with Crippen LogP contribution in [0.15, 0.2) is 4.52 Å². The van der Waals surface area contributed by atoms with Crippen molar-refractivity contribution >= 4 is 0 Å². The number of rotatable bonds is 4. The molecule has 0 bridgehead atoms. The molecule has 1 saturated heterocycles. The molecule has 1 aromatic heterocycles. The quantitative estimate of drug-likeness (QED) is 0.886. The third-order valence-electron chi connectivity index (χ3n) is 3.57. The van der Waals surface area contributed by atoms with Crippen molar-refractivity contribution in [2.45, 2.75) is 52.2 Å². The van der Waals surface area contributed by atoms with Crippen molar-refractivity contribution in [3.8, 4) is 0 Å². The lowest BCUT2D eigenvalue weighted by molar-refractivity contribution is 0.0586. The van der Waals surface area contributed by atoms with E-state index in [2.05, 4.69) is 15.0 Å². The minimum absolute atomic E-state index is 0.232. The fraction of sp³-hybridized carbons (Fsp3) is 0.846. The van der Waals surface area contributed by atoms with Gasteiger partial charge in [-0.05, 0) is 32.2 Å². The Morgan fingerprint density at radius 2 is 2.22 bits per heavy atom. The van der Waals surface area contributed by atoms with Crippen LogP contribution in [-0.4, -0.2) is 39.3 Å². The highest BCUT2D eigenvalue weighted by Crippen LogP contribution is 2.21. The summed E-state index contributed by atoms with van der Waals surface area (Å²) < 4.78 is 5.20. The Bertz CT molecular complexity index is 376. The summed E-state index contributed by atoms with van der Waals surface area (Å²) in [5, 5.41) is 13.7. The maximum absolute atomic E-state index is 9.66. The third-order valence-corrected chi connectivity index (χ3v) is 3.57. The normalized spacial score (nSPS) is 23.5. The lowest BCUT2D eigenvalue weighted by atomic mass is 9.93. The van der Waals surface area contributed by atoms with Crippen LogP contribution in [0, 0.1) is 5.92 Å². The van der Waals surface area contributed by atoms with E-state index in [0.717, 1.165) is 38.3 Å². The molecule has 5 nitrogen and oxygen atoms in total. The van der Waals surface area contributed by atoms with Gasteiger partial charge in [-0.25, -0.2) is 0 Å². The van der Waals surface area contributed by atoms with Gasteiger partial charge in [0.25, 0.3) is 0 Å². The molecule has 2 atom stereocenters. The molecule has 2 rings (SSSR count). The first-order valence-electron chi connectivity index (χ1n) is 6.79. The molecule has 0 radical (unpaired) electrons. The van der Waals surface area contributed by atoms with Crippen molar-refractivity contribution in [1.82, 2.24) is 15.0 Å². The van der Waals surface area contributed by atoms with Crippen LogP contribution in [-0.2, 0) is 6.54 Å². The Kier molecular flexibility index (Phi) is 4.35. The minimum atomic E-state index is -0.232. The first kappa shape index (κ1) is 13.5. The molecule has 0 aliphatic carbocycles. The number of hydrogen-bond acceptors (Lipinski definition) is 5. The van der Waals surface area contributed by atoms with Crippen LogP contribution in [0.2, 0.25) is 0 Å².